The fourth-order valence-corrected chi connectivity index (χ4v) is 1.66. The minimum atomic E-state index is -0.877. The molecular formula is C12H14N2O2. The van der Waals surface area contributed by atoms with Crippen LogP contribution < -0.4 is 0 Å². The van der Waals surface area contributed by atoms with Crippen LogP contribution in [-0.2, 0) is 17.3 Å². The van der Waals surface area contributed by atoms with Crippen LogP contribution in [0, 0.1) is 0 Å². The Hall–Kier alpha value is -1.84. The number of carboxylic acids is 1. The molecule has 0 fully saturated rings. The molecule has 16 heavy (non-hydrogen) atoms. The van der Waals surface area contributed by atoms with Crippen molar-refractivity contribution in [2.75, 3.05) is 0 Å². The number of carbonyl (C=O) groups is 1. The van der Waals surface area contributed by atoms with Gasteiger partial charge in [0.2, 0.25) is 0 Å². The maximum absolute atomic E-state index is 11.2. The molecule has 1 aromatic carbocycles. The Balaban J connectivity index is 2.62. The smallest absolute Gasteiger partial charge is 0.313 e. The van der Waals surface area contributed by atoms with Crippen molar-refractivity contribution in [3.63, 3.8) is 0 Å². The van der Waals surface area contributed by atoms with Crippen LogP contribution in [0.4, 0.5) is 0 Å². The first-order chi connectivity index (χ1) is 7.43. The topological polar surface area (TPSA) is 55.1 Å². The van der Waals surface area contributed by atoms with Crippen LogP contribution in [0.3, 0.4) is 0 Å². The Kier molecular flexibility index (Phi) is 2.22. The van der Waals surface area contributed by atoms with Crippen molar-refractivity contribution >= 4 is 16.9 Å². The zero-order valence-corrected chi connectivity index (χ0v) is 9.56. The first kappa shape index (κ1) is 10.7. The minimum Gasteiger partial charge on any atom is -0.481 e. The third-order valence-corrected chi connectivity index (χ3v) is 3.01. The molecule has 0 saturated carbocycles. The number of aromatic nitrogens is 2. The molecule has 4 nitrogen and oxygen atoms in total. The van der Waals surface area contributed by atoms with Gasteiger partial charge in [0.1, 0.15) is 0 Å². The van der Waals surface area contributed by atoms with E-state index in [0.717, 1.165) is 16.5 Å². The number of hydrogen-bond acceptors (Lipinski definition) is 2. The maximum atomic E-state index is 11.2. The normalized spacial score (nSPS) is 11.9. The van der Waals surface area contributed by atoms with Gasteiger partial charge in [-0.05, 0) is 25.5 Å². The second kappa shape index (κ2) is 3.33. The molecule has 1 N–H and O–H groups in total. The van der Waals surface area contributed by atoms with Gasteiger partial charge in [0.05, 0.1) is 17.1 Å². The lowest BCUT2D eigenvalue weighted by atomic mass is 9.84. The number of aliphatic carboxylic acids is 1. The lowest BCUT2D eigenvalue weighted by molar-refractivity contribution is -0.142. The fraction of sp³-hybridized carbons (Fsp3) is 0.333. The van der Waals surface area contributed by atoms with E-state index in [0.29, 0.717) is 0 Å². The van der Waals surface area contributed by atoms with Gasteiger partial charge in [0.15, 0.2) is 0 Å². The summed E-state index contributed by atoms with van der Waals surface area (Å²) in [7, 11) is 1.85. The van der Waals surface area contributed by atoms with E-state index in [9.17, 15) is 4.79 Å². The van der Waals surface area contributed by atoms with Gasteiger partial charge in [-0.1, -0.05) is 12.1 Å². The average molecular weight is 218 g/mol. The highest BCUT2D eigenvalue weighted by molar-refractivity contribution is 5.84. The van der Waals surface area contributed by atoms with Crippen LogP contribution in [0.15, 0.2) is 24.4 Å². The molecule has 84 valence electrons. The fourth-order valence-electron chi connectivity index (χ4n) is 1.66. The van der Waals surface area contributed by atoms with E-state index in [2.05, 4.69) is 5.10 Å². The largest absolute Gasteiger partial charge is 0.481 e. The molecule has 4 heteroatoms. The molecule has 0 bridgehead atoms. The molecule has 1 heterocycles. The molecular weight excluding hydrogens is 204 g/mol. The van der Waals surface area contributed by atoms with Gasteiger partial charge in [-0.2, -0.15) is 5.10 Å². The Morgan fingerprint density at radius 1 is 1.44 bits per heavy atom. The van der Waals surface area contributed by atoms with Crippen LogP contribution >= 0.6 is 0 Å². The lowest BCUT2D eigenvalue weighted by Crippen LogP contribution is -2.28. The van der Waals surface area contributed by atoms with Crippen LogP contribution in [-0.4, -0.2) is 20.9 Å². The van der Waals surface area contributed by atoms with E-state index in [-0.39, 0.29) is 0 Å². The summed E-state index contributed by atoms with van der Waals surface area (Å²) >= 11 is 0. The number of aryl methyl sites for hydroxylation is 1. The molecule has 0 aliphatic rings. The molecule has 0 amide bonds. The van der Waals surface area contributed by atoms with Crippen molar-refractivity contribution in [1.82, 2.24) is 9.78 Å². The second-order valence-corrected chi connectivity index (χ2v) is 4.47. The van der Waals surface area contributed by atoms with E-state index in [1.165, 1.54) is 0 Å². The number of fused-ring (bicyclic) bond motifs is 1. The first-order valence-corrected chi connectivity index (χ1v) is 5.08. The molecule has 0 saturated heterocycles. The summed E-state index contributed by atoms with van der Waals surface area (Å²) in [4.78, 5) is 11.2. The molecule has 0 spiro atoms. The standard InChI is InChI=1S/C12H14N2O2/c1-12(2,11(15)16)9-5-4-8-7-13-14(3)10(8)6-9/h4-7H,1-3H3,(H,15,16). The minimum absolute atomic E-state index is 0.788. The maximum Gasteiger partial charge on any atom is 0.313 e. The average Bonchev–Trinajstić information content (AvgIpc) is 2.60. The number of rotatable bonds is 2. The van der Waals surface area contributed by atoms with Crippen molar-refractivity contribution in [3.8, 4) is 0 Å². The van der Waals surface area contributed by atoms with Gasteiger partial charge in [-0.15, -0.1) is 0 Å². The Morgan fingerprint density at radius 2 is 2.12 bits per heavy atom. The number of nitrogens with zero attached hydrogens (tertiary/aromatic N) is 2. The van der Waals surface area contributed by atoms with Crippen LogP contribution in [0.1, 0.15) is 19.4 Å². The van der Waals surface area contributed by atoms with Crippen molar-refractivity contribution in [2.45, 2.75) is 19.3 Å². The summed E-state index contributed by atoms with van der Waals surface area (Å²) in [6, 6.07) is 5.64. The molecule has 0 aliphatic heterocycles. The summed E-state index contributed by atoms with van der Waals surface area (Å²) in [6.07, 6.45) is 1.77. The zero-order valence-electron chi connectivity index (χ0n) is 9.56. The van der Waals surface area contributed by atoms with Crippen LogP contribution in [0.5, 0.6) is 0 Å². The molecule has 2 aromatic rings. The van der Waals surface area contributed by atoms with Gasteiger partial charge < -0.3 is 5.11 Å². The summed E-state index contributed by atoms with van der Waals surface area (Å²) in [5.74, 6) is -0.825. The van der Waals surface area contributed by atoms with E-state index >= 15 is 0 Å². The Bertz CT molecular complexity index is 555. The summed E-state index contributed by atoms with van der Waals surface area (Å²) in [5, 5.41) is 14.3. The molecule has 0 unspecified atom stereocenters. The lowest BCUT2D eigenvalue weighted by Gasteiger charge is -2.19. The summed E-state index contributed by atoms with van der Waals surface area (Å²) in [5.41, 5.74) is 0.862. The van der Waals surface area contributed by atoms with Crippen molar-refractivity contribution in [2.24, 2.45) is 7.05 Å². The van der Waals surface area contributed by atoms with Crippen molar-refractivity contribution in [3.05, 3.63) is 30.0 Å². The zero-order chi connectivity index (χ0) is 11.9. The van der Waals surface area contributed by atoms with Crippen LogP contribution in [0.25, 0.3) is 10.9 Å². The first-order valence-electron chi connectivity index (χ1n) is 5.08. The monoisotopic (exact) mass is 218 g/mol. The van der Waals surface area contributed by atoms with E-state index < -0.39 is 11.4 Å². The predicted molar refractivity (Wildman–Crippen MR) is 61.4 cm³/mol. The third kappa shape index (κ3) is 1.46. The highest BCUT2D eigenvalue weighted by atomic mass is 16.4. The number of hydrogen-bond donors (Lipinski definition) is 1. The third-order valence-electron chi connectivity index (χ3n) is 3.01. The summed E-state index contributed by atoms with van der Waals surface area (Å²) in [6.45, 7) is 3.40. The van der Waals surface area contributed by atoms with E-state index in [4.69, 9.17) is 5.11 Å². The SMILES string of the molecule is Cn1ncc2ccc(C(C)(C)C(=O)O)cc21. The number of carboxylic acid groups (broad SMARTS) is 1. The van der Waals surface area contributed by atoms with Crippen molar-refractivity contribution in [1.29, 1.82) is 0 Å². The quantitative estimate of drug-likeness (QED) is 0.838. The van der Waals surface area contributed by atoms with E-state index in [1.54, 1.807) is 24.7 Å². The predicted octanol–water partition coefficient (Wildman–Crippen LogP) is 1.94. The van der Waals surface area contributed by atoms with Gasteiger partial charge in [0.25, 0.3) is 0 Å². The summed E-state index contributed by atoms with van der Waals surface area (Å²) < 4.78 is 1.75. The van der Waals surface area contributed by atoms with E-state index in [1.807, 2.05) is 25.2 Å². The van der Waals surface area contributed by atoms with Crippen LogP contribution in [0.2, 0.25) is 0 Å². The highest BCUT2D eigenvalue weighted by Crippen LogP contribution is 2.26. The van der Waals surface area contributed by atoms with Gasteiger partial charge in [-0.3, -0.25) is 9.48 Å². The molecule has 2 rings (SSSR count). The van der Waals surface area contributed by atoms with Gasteiger partial charge >= 0.3 is 5.97 Å². The van der Waals surface area contributed by atoms with Crippen molar-refractivity contribution < 1.29 is 9.90 Å². The Labute approximate surface area is 93.5 Å². The van der Waals surface area contributed by atoms with Gasteiger partial charge in [-0.25, -0.2) is 0 Å². The number of benzene rings is 1. The van der Waals surface area contributed by atoms with Gasteiger partial charge in [0, 0.05) is 12.4 Å². The highest BCUT2D eigenvalue weighted by Gasteiger charge is 2.29. The molecule has 0 atom stereocenters. The second-order valence-electron chi connectivity index (χ2n) is 4.47. The molecule has 1 aromatic heterocycles. The molecule has 0 radical (unpaired) electrons. The Morgan fingerprint density at radius 3 is 2.75 bits per heavy atom. The molecule has 0 aliphatic carbocycles.